The minimum absolute atomic E-state index is 0.307. The second kappa shape index (κ2) is 7.01. The maximum absolute atomic E-state index is 11.1. The maximum Gasteiger partial charge on any atom is 0.335 e. The van der Waals surface area contributed by atoms with Crippen molar-refractivity contribution in [2.45, 2.75) is 13.5 Å². The van der Waals surface area contributed by atoms with Gasteiger partial charge in [-0.1, -0.05) is 48.5 Å². The van der Waals surface area contributed by atoms with Gasteiger partial charge in [-0.25, -0.2) is 4.79 Å². The van der Waals surface area contributed by atoms with Crippen LogP contribution in [0.3, 0.4) is 0 Å². The van der Waals surface area contributed by atoms with Crippen molar-refractivity contribution in [3.8, 4) is 11.1 Å². The monoisotopic (exact) mass is 317 g/mol. The lowest BCUT2D eigenvalue weighted by Crippen LogP contribution is -2.00. The van der Waals surface area contributed by atoms with E-state index in [1.807, 2.05) is 36.4 Å². The largest absolute Gasteiger partial charge is 0.478 e. The highest BCUT2D eigenvalue weighted by atomic mass is 16.4. The Labute approximate surface area is 141 Å². The molecule has 0 fully saturated rings. The smallest absolute Gasteiger partial charge is 0.335 e. The van der Waals surface area contributed by atoms with E-state index in [4.69, 9.17) is 5.11 Å². The SMILES string of the molecule is Cc1cc(CNc2ccccc2)ccc1-c1cccc(C(=O)O)c1. The number of carbonyl (C=O) groups is 1. The molecule has 0 aliphatic carbocycles. The summed E-state index contributed by atoms with van der Waals surface area (Å²) in [5.41, 5.74) is 5.70. The molecule has 0 aliphatic rings. The van der Waals surface area contributed by atoms with Gasteiger partial charge in [0.2, 0.25) is 0 Å². The molecule has 3 aromatic carbocycles. The van der Waals surface area contributed by atoms with Crippen LogP contribution in [0.4, 0.5) is 5.69 Å². The van der Waals surface area contributed by atoms with Gasteiger partial charge in [-0.15, -0.1) is 0 Å². The van der Waals surface area contributed by atoms with E-state index in [1.165, 1.54) is 5.56 Å². The number of rotatable bonds is 5. The molecular weight excluding hydrogens is 298 g/mol. The Balaban J connectivity index is 1.80. The van der Waals surface area contributed by atoms with Gasteiger partial charge in [0.05, 0.1) is 5.56 Å². The third-order valence-corrected chi connectivity index (χ3v) is 3.98. The third kappa shape index (κ3) is 3.63. The van der Waals surface area contributed by atoms with Gasteiger partial charge < -0.3 is 10.4 Å². The van der Waals surface area contributed by atoms with Gasteiger partial charge in [0.25, 0.3) is 0 Å². The number of para-hydroxylation sites is 1. The molecule has 0 aliphatic heterocycles. The molecule has 0 aromatic heterocycles. The van der Waals surface area contributed by atoms with E-state index in [2.05, 4.69) is 30.4 Å². The number of carboxylic acids is 1. The van der Waals surface area contributed by atoms with Crippen LogP contribution < -0.4 is 5.32 Å². The third-order valence-electron chi connectivity index (χ3n) is 3.98. The van der Waals surface area contributed by atoms with Crippen LogP contribution in [0.1, 0.15) is 21.5 Å². The molecule has 24 heavy (non-hydrogen) atoms. The summed E-state index contributed by atoms with van der Waals surface area (Å²) in [5, 5.41) is 12.5. The van der Waals surface area contributed by atoms with Gasteiger partial charge >= 0.3 is 5.97 Å². The van der Waals surface area contributed by atoms with E-state index in [-0.39, 0.29) is 0 Å². The van der Waals surface area contributed by atoms with Crippen molar-refractivity contribution in [1.82, 2.24) is 0 Å². The van der Waals surface area contributed by atoms with Crippen LogP contribution in [0.15, 0.2) is 72.8 Å². The molecule has 3 aromatic rings. The summed E-state index contributed by atoms with van der Waals surface area (Å²) in [6.07, 6.45) is 0. The molecule has 3 rings (SSSR count). The Kier molecular flexibility index (Phi) is 4.62. The van der Waals surface area contributed by atoms with Crippen molar-refractivity contribution >= 4 is 11.7 Å². The molecule has 0 radical (unpaired) electrons. The van der Waals surface area contributed by atoms with E-state index in [9.17, 15) is 4.79 Å². The van der Waals surface area contributed by atoms with E-state index in [0.29, 0.717) is 5.56 Å². The molecule has 0 spiro atoms. The second-order valence-electron chi connectivity index (χ2n) is 5.75. The summed E-state index contributed by atoms with van der Waals surface area (Å²) in [4.78, 5) is 11.1. The minimum Gasteiger partial charge on any atom is -0.478 e. The quantitative estimate of drug-likeness (QED) is 0.698. The lowest BCUT2D eigenvalue weighted by atomic mass is 9.97. The Morgan fingerprint density at radius 3 is 2.46 bits per heavy atom. The normalized spacial score (nSPS) is 10.4. The van der Waals surface area contributed by atoms with Gasteiger partial charge in [-0.3, -0.25) is 0 Å². The molecule has 2 N–H and O–H groups in total. The molecular formula is C21H19NO2. The fourth-order valence-electron chi connectivity index (χ4n) is 2.74. The topological polar surface area (TPSA) is 49.3 Å². The van der Waals surface area contributed by atoms with Crippen molar-refractivity contribution in [2.75, 3.05) is 5.32 Å². The first kappa shape index (κ1) is 15.8. The Morgan fingerprint density at radius 2 is 1.75 bits per heavy atom. The lowest BCUT2D eigenvalue weighted by Gasteiger charge is -2.11. The van der Waals surface area contributed by atoms with Crippen LogP contribution in [0.2, 0.25) is 0 Å². The molecule has 0 bridgehead atoms. The van der Waals surface area contributed by atoms with Crippen molar-refractivity contribution in [1.29, 1.82) is 0 Å². The zero-order valence-corrected chi connectivity index (χ0v) is 13.5. The predicted octanol–water partition coefficient (Wildman–Crippen LogP) is 4.97. The highest BCUT2D eigenvalue weighted by Crippen LogP contribution is 2.25. The summed E-state index contributed by atoms with van der Waals surface area (Å²) < 4.78 is 0. The molecule has 0 amide bonds. The number of carboxylic acid groups (broad SMARTS) is 1. The average molecular weight is 317 g/mol. The fourth-order valence-corrected chi connectivity index (χ4v) is 2.74. The number of aromatic carboxylic acids is 1. The van der Waals surface area contributed by atoms with Crippen molar-refractivity contribution in [2.24, 2.45) is 0 Å². The number of anilines is 1. The molecule has 0 heterocycles. The summed E-state index contributed by atoms with van der Waals surface area (Å²) in [5.74, 6) is -0.904. The van der Waals surface area contributed by atoms with E-state index < -0.39 is 5.97 Å². The number of benzene rings is 3. The van der Waals surface area contributed by atoms with Gasteiger partial charge in [0, 0.05) is 12.2 Å². The molecule has 120 valence electrons. The number of hydrogen-bond donors (Lipinski definition) is 2. The van der Waals surface area contributed by atoms with E-state index in [0.717, 1.165) is 28.9 Å². The van der Waals surface area contributed by atoms with Crippen LogP contribution in [0, 0.1) is 6.92 Å². The summed E-state index contributed by atoms with van der Waals surface area (Å²) in [7, 11) is 0. The molecule has 3 heteroatoms. The lowest BCUT2D eigenvalue weighted by molar-refractivity contribution is 0.0697. The molecule has 0 atom stereocenters. The van der Waals surface area contributed by atoms with Crippen LogP contribution in [0.25, 0.3) is 11.1 Å². The minimum atomic E-state index is -0.904. The molecule has 0 unspecified atom stereocenters. The zero-order valence-electron chi connectivity index (χ0n) is 13.5. The second-order valence-corrected chi connectivity index (χ2v) is 5.75. The van der Waals surface area contributed by atoms with Gasteiger partial charge in [-0.05, 0) is 53.4 Å². The average Bonchev–Trinajstić information content (AvgIpc) is 2.61. The Hall–Kier alpha value is -3.07. The Bertz CT molecular complexity index is 857. The molecule has 0 saturated carbocycles. The summed E-state index contributed by atoms with van der Waals surface area (Å²) in [6, 6.07) is 23.4. The Morgan fingerprint density at radius 1 is 0.958 bits per heavy atom. The van der Waals surface area contributed by atoms with Crippen LogP contribution >= 0.6 is 0 Å². The van der Waals surface area contributed by atoms with Gasteiger partial charge in [-0.2, -0.15) is 0 Å². The first-order valence-corrected chi connectivity index (χ1v) is 7.85. The van der Waals surface area contributed by atoms with E-state index in [1.54, 1.807) is 18.2 Å². The number of hydrogen-bond acceptors (Lipinski definition) is 2. The van der Waals surface area contributed by atoms with E-state index >= 15 is 0 Å². The molecule has 3 nitrogen and oxygen atoms in total. The first-order valence-electron chi connectivity index (χ1n) is 7.85. The van der Waals surface area contributed by atoms with Gasteiger partial charge in [0.1, 0.15) is 0 Å². The highest BCUT2D eigenvalue weighted by Gasteiger charge is 2.07. The van der Waals surface area contributed by atoms with Crippen molar-refractivity contribution < 1.29 is 9.90 Å². The maximum atomic E-state index is 11.1. The van der Waals surface area contributed by atoms with Gasteiger partial charge in [0.15, 0.2) is 0 Å². The fraction of sp³-hybridized carbons (Fsp3) is 0.0952. The number of aryl methyl sites for hydroxylation is 1. The summed E-state index contributed by atoms with van der Waals surface area (Å²) >= 11 is 0. The summed E-state index contributed by atoms with van der Waals surface area (Å²) in [6.45, 7) is 2.80. The van der Waals surface area contributed by atoms with Crippen LogP contribution in [0.5, 0.6) is 0 Å². The number of nitrogens with one attached hydrogen (secondary N) is 1. The molecule has 0 saturated heterocycles. The predicted molar refractivity (Wildman–Crippen MR) is 97.3 cm³/mol. The van der Waals surface area contributed by atoms with Crippen LogP contribution in [-0.4, -0.2) is 11.1 Å². The standard InChI is InChI=1S/C21H19NO2/c1-15-12-16(14-22-19-8-3-2-4-9-19)10-11-20(15)17-6-5-7-18(13-17)21(23)24/h2-13,22H,14H2,1H3,(H,23,24). The van der Waals surface area contributed by atoms with Crippen molar-refractivity contribution in [3.05, 3.63) is 89.5 Å². The van der Waals surface area contributed by atoms with Crippen molar-refractivity contribution in [3.63, 3.8) is 0 Å². The zero-order chi connectivity index (χ0) is 16.9. The first-order chi connectivity index (χ1) is 11.6. The highest BCUT2D eigenvalue weighted by molar-refractivity contribution is 5.89. The van der Waals surface area contributed by atoms with Crippen LogP contribution in [-0.2, 0) is 6.54 Å².